The maximum atomic E-state index is 12.9. The number of hydrogen-bond acceptors (Lipinski definition) is 3. The molecule has 3 heteroatoms. The number of rotatable bonds is 3. The molecule has 1 aliphatic rings. The number of hydrogen-bond donors (Lipinski definition) is 1. The molecule has 25 heavy (non-hydrogen) atoms. The smallest absolute Gasteiger partial charge is 0.209 e. The fraction of sp³-hybridized carbons (Fsp3) is 0.0455. The fourth-order valence-corrected chi connectivity index (χ4v) is 2.99. The molecule has 3 aromatic rings. The van der Waals surface area contributed by atoms with Gasteiger partial charge in [-0.15, -0.1) is 0 Å². The van der Waals surface area contributed by atoms with Gasteiger partial charge in [-0.1, -0.05) is 54.6 Å². The Balaban J connectivity index is 1.61. The van der Waals surface area contributed by atoms with Crippen LogP contribution in [0.1, 0.15) is 11.5 Å². The van der Waals surface area contributed by atoms with Crippen molar-refractivity contribution in [3.63, 3.8) is 0 Å². The Morgan fingerprint density at radius 2 is 1.64 bits per heavy atom. The number of nitrogens with two attached hydrogens (primary N) is 1. The second kappa shape index (κ2) is 6.29. The van der Waals surface area contributed by atoms with Gasteiger partial charge in [0.2, 0.25) is 5.78 Å². The van der Waals surface area contributed by atoms with Crippen LogP contribution in [0.5, 0.6) is 5.75 Å². The van der Waals surface area contributed by atoms with Crippen LogP contribution >= 0.6 is 0 Å². The molecule has 122 valence electrons. The van der Waals surface area contributed by atoms with Crippen LogP contribution in [0.2, 0.25) is 0 Å². The summed E-state index contributed by atoms with van der Waals surface area (Å²) in [4.78, 5) is 12.9. The standard InChI is InChI=1S/C22H17NO2/c23-18-10-12-19(13-11-18)25-21-7-3-6-20(22(21)24)17-9-8-15-4-1-2-5-16(15)14-17/h1-14,20H,23H2. The van der Waals surface area contributed by atoms with Crippen molar-refractivity contribution in [3.05, 3.63) is 96.3 Å². The lowest BCUT2D eigenvalue weighted by atomic mass is 9.89. The minimum Gasteiger partial charge on any atom is -0.454 e. The van der Waals surface area contributed by atoms with Crippen molar-refractivity contribution in [2.24, 2.45) is 0 Å². The molecular weight excluding hydrogens is 310 g/mol. The molecule has 0 aromatic heterocycles. The zero-order valence-corrected chi connectivity index (χ0v) is 13.6. The largest absolute Gasteiger partial charge is 0.454 e. The SMILES string of the molecule is Nc1ccc(OC2=CC=CC(c3ccc4ccccc4c3)C2=O)cc1. The van der Waals surface area contributed by atoms with E-state index in [1.807, 2.05) is 36.4 Å². The fourth-order valence-electron chi connectivity index (χ4n) is 2.99. The monoisotopic (exact) mass is 327 g/mol. The summed E-state index contributed by atoms with van der Waals surface area (Å²) in [7, 11) is 0. The summed E-state index contributed by atoms with van der Waals surface area (Å²) in [5.74, 6) is 0.555. The Hall–Kier alpha value is -3.33. The number of benzene rings is 3. The summed E-state index contributed by atoms with van der Waals surface area (Å²) in [6.07, 6.45) is 5.48. The summed E-state index contributed by atoms with van der Waals surface area (Å²) in [5.41, 5.74) is 7.30. The van der Waals surface area contributed by atoms with E-state index in [0.717, 1.165) is 16.3 Å². The Labute approximate surface area is 146 Å². The van der Waals surface area contributed by atoms with E-state index in [2.05, 4.69) is 18.2 Å². The number of carbonyl (C=O) groups is 1. The molecule has 0 fully saturated rings. The topological polar surface area (TPSA) is 52.3 Å². The van der Waals surface area contributed by atoms with E-state index in [9.17, 15) is 4.79 Å². The van der Waals surface area contributed by atoms with E-state index in [1.165, 1.54) is 0 Å². The molecule has 3 aromatic carbocycles. The molecule has 4 rings (SSSR count). The summed E-state index contributed by atoms with van der Waals surface area (Å²) in [6, 6.07) is 21.2. The zero-order valence-electron chi connectivity index (χ0n) is 13.6. The van der Waals surface area contributed by atoms with Crippen molar-refractivity contribution in [2.45, 2.75) is 5.92 Å². The van der Waals surface area contributed by atoms with E-state index in [0.29, 0.717) is 17.2 Å². The molecule has 2 N–H and O–H groups in total. The quantitative estimate of drug-likeness (QED) is 0.715. The molecule has 1 unspecified atom stereocenters. The number of Topliss-reactive ketones (excluding diaryl/α,β-unsaturated/α-hetero) is 1. The average Bonchev–Trinajstić information content (AvgIpc) is 2.65. The highest BCUT2D eigenvalue weighted by Gasteiger charge is 2.25. The number of ketones is 1. The van der Waals surface area contributed by atoms with E-state index >= 15 is 0 Å². The zero-order chi connectivity index (χ0) is 17.2. The Morgan fingerprint density at radius 3 is 2.44 bits per heavy atom. The summed E-state index contributed by atoms with van der Waals surface area (Å²) >= 11 is 0. The normalized spacial score (nSPS) is 16.7. The molecule has 0 saturated heterocycles. The van der Waals surface area contributed by atoms with Crippen LogP contribution in [0.25, 0.3) is 10.8 Å². The number of carbonyl (C=O) groups excluding carboxylic acids is 1. The maximum absolute atomic E-state index is 12.9. The van der Waals surface area contributed by atoms with Crippen LogP contribution in [0.4, 0.5) is 5.69 Å². The Morgan fingerprint density at radius 1 is 0.880 bits per heavy atom. The van der Waals surface area contributed by atoms with E-state index in [-0.39, 0.29) is 11.7 Å². The van der Waals surface area contributed by atoms with Gasteiger partial charge in [-0.25, -0.2) is 0 Å². The molecule has 0 bridgehead atoms. The van der Waals surface area contributed by atoms with Gasteiger partial charge in [0, 0.05) is 5.69 Å². The summed E-state index contributed by atoms with van der Waals surface area (Å²) < 4.78 is 5.77. The molecule has 0 aliphatic heterocycles. The molecule has 0 radical (unpaired) electrons. The van der Waals surface area contributed by atoms with Crippen molar-refractivity contribution < 1.29 is 9.53 Å². The summed E-state index contributed by atoms with van der Waals surface area (Å²) in [6.45, 7) is 0. The van der Waals surface area contributed by atoms with Crippen LogP contribution in [0.3, 0.4) is 0 Å². The predicted octanol–water partition coefficient (Wildman–Crippen LogP) is 4.61. The Kier molecular flexibility index (Phi) is 3.82. The van der Waals surface area contributed by atoms with Gasteiger partial charge in [0.1, 0.15) is 5.75 Å². The summed E-state index contributed by atoms with van der Waals surface area (Å²) in [5, 5.41) is 2.28. The minimum atomic E-state index is -0.335. The highest BCUT2D eigenvalue weighted by molar-refractivity contribution is 6.02. The van der Waals surface area contributed by atoms with Crippen LogP contribution < -0.4 is 10.5 Å². The van der Waals surface area contributed by atoms with Crippen LogP contribution in [-0.2, 0) is 4.79 Å². The number of allylic oxidation sites excluding steroid dienone is 4. The van der Waals surface area contributed by atoms with Gasteiger partial charge >= 0.3 is 0 Å². The number of ether oxygens (including phenoxy) is 1. The highest BCUT2D eigenvalue weighted by Crippen LogP contribution is 2.29. The number of anilines is 1. The van der Waals surface area contributed by atoms with Crippen molar-refractivity contribution in [3.8, 4) is 5.75 Å². The molecule has 0 heterocycles. The average molecular weight is 327 g/mol. The van der Waals surface area contributed by atoms with Crippen LogP contribution in [0.15, 0.2) is 90.7 Å². The Bertz CT molecular complexity index is 1000. The van der Waals surface area contributed by atoms with E-state index in [1.54, 1.807) is 30.3 Å². The van der Waals surface area contributed by atoms with Gasteiger partial charge in [0.15, 0.2) is 5.76 Å². The number of nitrogen functional groups attached to an aromatic ring is 1. The van der Waals surface area contributed by atoms with Crippen LogP contribution in [-0.4, -0.2) is 5.78 Å². The first-order valence-corrected chi connectivity index (χ1v) is 8.15. The molecule has 1 atom stereocenters. The highest BCUT2D eigenvalue weighted by atomic mass is 16.5. The maximum Gasteiger partial charge on any atom is 0.209 e. The molecule has 0 spiro atoms. The minimum absolute atomic E-state index is 0.0467. The third-order valence-corrected chi connectivity index (χ3v) is 4.32. The van der Waals surface area contributed by atoms with E-state index < -0.39 is 0 Å². The second-order valence-corrected chi connectivity index (χ2v) is 6.04. The third-order valence-electron chi connectivity index (χ3n) is 4.32. The first-order chi connectivity index (χ1) is 12.2. The van der Waals surface area contributed by atoms with Crippen LogP contribution in [0, 0.1) is 0 Å². The van der Waals surface area contributed by atoms with Crippen molar-refractivity contribution in [2.75, 3.05) is 5.73 Å². The van der Waals surface area contributed by atoms with Crippen molar-refractivity contribution >= 4 is 22.2 Å². The molecule has 0 saturated carbocycles. The molecule has 1 aliphatic carbocycles. The number of fused-ring (bicyclic) bond motifs is 1. The van der Waals surface area contributed by atoms with Gasteiger partial charge < -0.3 is 10.5 Å². The molecule has 0 amide bonds. The third kappa shape index (κ3) is 3.04. The van der Waals surface area contributed by atoms with Gasteiger partial charge in [-0.2, -0.15) is 0 Å². The van der Waals surface area contributed by atoms with Gasteiger partial charge in [0.25, 0.3) is 0 Å². The lowest BCUT2D eigenvalue weighted by Gasteiger charge is -2.18. The van der Waals surface area contributed by atoms with Gasteiger partial charge in [0.05, 0.1) is 5.92 Å². The lowest BCUT2D eigenvalue weighted by molar-refractivity contribution is -0.118. The van der Waals surface area contributed by atoms with Crippen molar-refractivity contribution in [1.29, 1.82) is 0 Å². The second-order valence-electron chi connectivity index (χ2n) is 6.04. The van der Waals surface area contributed by atoms with Gasteiger partial charge in [-0.3, -0.25) is 4.79 Å². The first-order valence-electron chi connectivity index (χ1n) is 8.15. The van der Waals surface area contributed by atoms with Crippen molar-refractivity contribution in [1.82, 2.24) is 0 Å². The van der Waals surface area contributed by atoms with Gasteiger partial charge in [-0.05, 0) is 46.7 Å². The molecule has 3 nitrogen and oxygen atoms in total. The molecular formula is C22H17NO2. The lowest BCUT2D eigenvalue weighted by Crippen LogP contribution is -2.19. The first kappa shape index (κ1) is 15.2. The predicted molar refractivity (Wildman–Crippen MR) is 100 cm³/mol. The van der Waals surface area contributed by atoms with E-state index in [4.69, 9.17) is 10.5 Å².